The molecule has 0 radical (unpaired) electrons. The lowest BCUT2D eigenvalue weighted by atomic mass is 10.1. The van der Waals surface area contributed by atoms with Crippen molar-refractivity contribution in [3.8, 4) is 0 Å². The molecule has 15 heavy (non-hydrogen) atoms. The first kappa shape index (κ1) is 12.1. The van der Waals surface area contributed by atoms with Crippen molar-refractivity contribution in [1.82, 2.24) is 5.32 Å². The van der Waals surface area contributed by atoms with Crippen molar-refractivity contribution in [1.29, 1.82) is 0 Å². The van der Waals surface area contributed by atoms with Crippen LogP contribution in [-0.2, 0) is 6.42 Å². The first-order valence-electron chi connectivity index (χ1n) is 5.04. The van der Waals surface area contributed by atoms with Crippen LogP contribution >= 0.6 is 0 Å². The van der Waals surface area contributed by atoms with E-state index in [1.807, 2.05) is 0 Å². The lowest BCUT2D eigenvalue weighted by molar-refractivity contribution is 0.262. The molecule has 1 aromatic carbocycles. The third-order valence-corrected chi connectivity index (χ3v) is 2.14. The van der Waals surface area contributed by atoms with Crippen molar-refractivity contribution >= 4 is 0 Å². The largest absolute Gasteiger partial charge is 0.395 e. The van der Waals surface area contributed by atoms with Crippen molar-refractivity contribution in [2.45, 2.75) is 12.5 Å². The predicted octanol–water partition coefficient (Wildman–Crippen LogP) is 0.277. The molecule has 0 amide bonds. The van der Waals surface area contributed by atoms with E-state index in [0.29, 0.717) is 6.54 Å². The summed E-state index contributed by atoms with van der Waals surface area (Å²) in [5.41, 5.74) is 6.59. The molecular formula is C11H17FN2O. The molecule has 0 aliphatic carbocycles. The standard InChI is InChI=1S/C11H17FN2O/c12-10-3-1-9(2-4-10)5-6-14-7-11(13)8-15/h1-4,11,14-15H,5-8,13H2. The van der Waals surface area contributed by atoms with Crippen LogP contribution in [0.5, 0.6) is 0 Å². The molecule has 84 valence electrons. The fourth-order valence-corrected chi connectivity index (χ4v) is 1.24. The summed E-state index contributed by atoms with van der Waals surface area (Å²) >= 11 is 0. The molecule has 0 aromatic heterocycles. The van der Waals surface area contributed by atoms with Crippen molar-refractivity contribution in [3.63, 3.8) is 0 Å². The molecule has 0 aliphatic heterocycles. The zero-order chi connectivity index (χ0) is 11.1. The van der Waals surface area contributed by atoms with Gasteiger partial charge in [-0.15, -0.1) is 0 Å². The Balaban J connectivity index is 2.17. The van der Waals surface area contributed by atoms with Crippen LogP contribution < -0.4 is 11.1 Å². The van der Waals surface area contributed by atoms with Crippen LogP contribution in [0.1, 0.15) is 5.56 Å². The van der Waals surface area contributed by atoms with Gasteiger partial charge in [-0.25, -0.2) is 4.39 Å². The van der Waals surface area contributed by atoms with E-state index in [1.54, 1.807) is 12.1 Å². The fourth-order valence-electron chi connectivity index (χ4n) is 1.24. The van der Waals surface area contributed by atoms with Gasteiger partial charge in [0.1, 0.15) is 5.82 Å². The average molecular weight is 212 g/mol. The summed E-state index contributed by atoms with van der Waals surface area (Å²) < 4.78 is 12.6. The highest BCUT2D eigenvalue weighted by Gasteiger charge is 1.98. The maximum Gasteiger partial charge on any atom is 0.123 e. The van der Waals surface area contributed by atoms with Gasteiger partial charge in [0.15, 0.2) is 0 Å². The third kappa shape index (κ3) is 4.88. The number of hydrogen-bond acceptors (Lipinski definition) is 3. The van der Waals surface area contributed by atoms with Crippen LogP contribution in [0.15, 0.2) is 24.3 Å². The maximum absolute atomic E-state index is 12.6. The summed E-state index contributed by atoms with van der Waals surface area (Å²) in [6.45, 7) is 1.36. The number of aliphatic hydroxyl groups excluding tert-OH is 1. The van der Waals surface area contributed by atoms with Gasteiger partial charge in [-0.1, -0.05) is 12.1 Å². The van der Waals surface area contributed by atoms with Crippen LogP contribution in [-0.4, -0.2) is 30.8 Å². The van der Waals surface area contributed by atoms with E-state index >= 15 is 0 Å². The quantitative estimate of drug-likeness (QED) is 0.593. The van der Waals surface area contributed by atoms with E-state index in [0.717, 1.165) is 18.5 Å². The second-order valence-corrected chi connectivity index (χ2v) is 3.52. The van der Waals surface area contributed by atoms with Crippen LogP contribution in [0.4, 0.5) is 4.39 Å². The summed E-state index contributed by atoms with van der Waals surface area (Å²) in [7, 11) is 0. The predicted molar refractivity (Wildman–Crippen MR) is 58.0 cm³/mol. The van der Waals surface area contributed by atoms with Gasteiger partial charge in [-0.05, 0) is 30.7 Å². The smallest absolute Gasteiger partial charge is 0.123 e. The second-order valence-electron chi connectivity index (χ2n) is 3.52. The Morgan fingerprint density at radius 3 is 2.60 bits per heavy atom. The molecule has 1 aromatic rings. The van der Waals surface area contributed by atoms with Crippen molar-refractivity contribution in [2.75, 3.05) is 19.7 Å². The minimum absolute atomic E-state index is 0.0104. The minimum atomic E-state index is -0.214. The van der Waals surface area contributed by atoms with E-state index in [-0.39, 0.29) is 18.5 Å². The highest BCUT2D eigenvalue weighted by atomic mass is 19.1. The first-order valence-corrected chi connectivity index (χ1v) is 5.04. The molecule has 1 atom stereocenters. The van der Waals surface area contributed by atoms with Crippen LogP contribution in [0, 0.1) is 5.82 Å². The molecule has 1 unspecified atom stereocenters. The van der Waals surface area contributed by atoms with Gasteiger partial charge in [0.2, 0.25) is 0 Å². The van der Waals surface area contributed by atoms with E-state index in [1.165, 1.54) is 12.1 Å². The van der Waals surface area contributed by atoms with Gasteiger partial charge in [0.05, 0.1) is 6.61 Å². The zero-order valence-electron chi connectivity index (χ0n) is 8.62. The molecule has 4 N–H and O–H groups in total. The Bertz CT molecular complexity index is 276. The zero-order valence-corrected chi connectivity index (χ0v) is 8.62. The van der Waals surface area contributed by atoms with Gasteiger partial charge in [0.25, 0.3) is 0 Å². The van der Waals surface area contributed by atoms with Crippen LogP contribution in [0.2, 0.25) is 0 Å². The number of nitrogens with two attached hydrogens (primary N) is 1. The highest BCUT2D eigenvalue weighted by molar-refractivity contribution is 5.16. The second kappa shape index (κ2) is 6.50. The topological polar surface area (TPSA) is 58.3 Å². The van der Waals surface area contributed by atoms with E-state index in [2.05, 4.69) is 5.32 Å². The number of nitrogens with one attached hydrogen (secondary N) is 1. The lowest BCUT2D eigenvalue weighted by Crippen LogP contribution is -2.37. The van der Waals surface area contributed by atoms with Crippen molar-refractivity contribution < 1.29 is 9.50 Å². The van der Waals surface area contributed by atoms with Gasteiger partial charge in [0, 0.05) is 12.6 Å². The van der Waals surface area contributed by atoms with Gasteiger partial charge >= 0.3 is 0 Å². The Morgan fingerprint density at radius 1 is 1.33 bits per heavy atom. The Morgan fingerprint density at radius 2 is 2.00 bits per heavy atom. The molecule has 3 nitrogen and oxygen atoms in total. The van der Waals surface area contributed by atoms with E-state index in [9.17, 15) is 4.39 Å². The molecule has 4 heteroatoms. The summed E-state index contributed by atoms with van der Waals surface area (Å²) in [6.07, 6.45) is 0.832. The summed E-state index contributed by atoms with van der Waals surface area (Å²) in [5, 5.41) is 11.8. The molecule has 0 bridgehead atoms. The summed E-state index contributed by atoms with van der Waals surface area (Å²) in [4.78, 5) is 0. The van der Waals surface area contributed by atoms with Crippen molar-refractivity contribution in [2.24, 2.45) is 5.73 Å². The summed E-state index contributed by atoms with van der Waals surface area (Å²) in [5.74, 6) is -0.214. The Hall–Kier alpha value is -0.970. The molecule has 0 fully saturated rings. The number of benzene rings is 1. The molecule has 0 heterocycles. The molecule has 0 spiro atoms. The Labute approximate surface area is 89.1 Å². The number of halogens is 1. The van der Waals surface area contributed by atoms with E-state index in [4.69, 9.17) is 10.8 Å². The number of hydrogen-bond donors (Lipinski definition) is 3. The van der Waals surface area contributed by atoms with Gasteiger partial charge in [-0.2, -0.15) is 0 Å². The van der Waals surface area contributed by atoms with Crippen LogP contribution in [0.3, 0.4) is 0 Å². The lowest BCUT2D eigenvalue weighted by Gasteiger charge is -2.09. The normalized spacial score (nSPS) is 12.7. The first-order chi connectivity index (χ1) is 7.22. The highest BCUT2D eigenvalue weighted by Crippen LogP contribution is 2.02. The third-order valence-electron chi connectivity index (χ3n) is 2.14. The molecular weight excluding hydrogens is 195 g/mol. The molecule has 0 saturated heterocycles. The number of aliphatic hydroxyl groups is 1. The van der Waals surface area contributed by atoms with Gasteiger partial charge < -0.3 is 16.2 Å². The number of rotatable bonds is 6. The maximum atomic E-state index is 12.6. The Kier molecular flexibility index (Phi) is 5.25. The summed E-state index contributed by atoms with van der Waals surface area (Å²) in [6, 6.07) is 6.23. The minimum Gasteiger partial charge on any atom is -0.395 e. The average Bonchev–Trinajstić information content (AvgIpc) is 2.26. The molecule has 0 aliphatic rings. The van der Waals surface area contributed by atoms with Crippen LogP contribution in [0.25, 0.3) is 0 Å². The van der Waals surface area contributed by atoms with Crippen molar-refractivity contribution in [3.05, 3.63) is 35.6 Å². The molecule has 0 saturated carbocycles. The van der Waals surface area contributed by atoms with Gasteiger partial charge in [-0.3, -0.25) is 0 Å². The molecule has 1 rings (SSSR count). The SMILES string of the molecule is NC(CO)CNCCc1ccc(F)cc1. The van der Waals surface area contributed by atoms with E-state index < -0.39 is 0 Å². The fraction of sp³-hybridized carbons (Fsp3) is 0.455. The monoisotopic (exact) mass is 212 g/mol.